The minimum absolute atomic E-state index is 0.0870. The third kappa shape index (κ3) is 1.21. The Hall–Kier alpha value is -0.600. The molecule has 0 unspecified atom stereocenters. The van der Waals surface area contributed by atoms with Gasteiger partial charge in [0.15, 0.2) is 5.75 Å². The van der Waals surface area contributed by atoms with Crippen molar-refractivity contribution in [2.45, 2.75) is 13.8 Å². The van der Waals surface area contributed by atoms with Gasteiger partial charge in [0.25, 0.3) is 0 Å². The van der Waals surface area contributed by atoms with E-state index in [-0.39, 0.29) is 16.5 Å². The number of anilines is 1. The Kier molecular flexibility index (Phi) is 2.40. The lowest BCUT2D eigenvalue weighted by molar-refractivity contribution is 0.477. The first-order chi connectivity index (χ1) is 5.46. The van der Waals surface area contributed by atoms with Crippen molar-refractivity contribution in [2.75, 3.05) is 5.73 Å². The first kappa shape index (κ1) is 9.49. The molecule has 1 aromatic rings. The van der Waals surface area contributed by atoms with E-state index in [4.69, 9.17) is 28.9 Å². The molecule has 0 fully saturated rings. The summed E-state index contributed by atoms with van der Waals surface area (Å²) in [6.07, 6.45) is 0. The Morgan fingerprint density at radius 3 is 2.08 bits per heavy atom. The van der Waals surface area contributed by atoms with Crippen molar-refractivity contribution >= 4 is 28.9 Å². The molecule has 4 heteroatoms. The lowest BCUT2D eigenvalue weighted by atomic mass is 10.1. The quantitative estimate of drug-likeness (QED) is 0.506. The van der Waals surface area contributed by atoms with Crippen LogP contribution in [0, 0.1) is 13.8 Å². The summed E-state index contributed by atoms with van der Waals surface area (Å²) >= 11 is 11.6. The molecule has 0 aliphatic carbocycles. The monoisotopic (exact) mass is 205 g/mol. The van der Waals surface area contributed by atoms with Gasteiger partial charge in [-0.1, -0.05) is 23.2 Å². The summed E-state index contributed by atoms with van der Waals surface area (Å²) < 4.78 is 0. The highest BCUT2D eigenvalue weighted by molar-refractivity contribution is 6.38. The van der Waals surface area contributed by atoms with Gasteiger partial charge in [0.2, 0.25) is 0 Å². The second-order valence-corrected chi connectivity index (χ2v) is 3.40. The Morgan fingerprint density at radius 2 is 1.58 bits per heavy atom. The summed E-state index contributed by atoms with van der Waals surface area (Å²) in [5, 5.41) is 10.1. The molecule has 0 atom stereocenters. The topological polar surface area (TPSA) is 46.2 Å². The highest BCUT2D eigenvalue weighted by Crippen LogP contribution is 2.40. The number of aromatic hydroxyl groups is 1. The van der Waals surface area contributed by atoms with E-state index in [0.29, 0.717) is 16.1 Å². The van der Waals surface area contributed by atoms with Crippen molar-refractivity contribution in [3.63, 3.8) is 0 Å². The summed E-state index contributed by atoms with van der Waals surface area (Å²) in [5.41, 5.74) is 7.10. The number of phenols is 1. The molecule has 0 radical (unpaired) electrons. The van der Waals surface area contributed by atoms with Crippen molar-refractivity contribution in [3.05, 3.63) is 21.2 Å². The fourth-order valence-corrected chi connectivity index (χ4v) is 1.41. The molecule has 0 spiro atoms. The summed E-state index contributed by atoms with van der Waals surface area (Å²) in [6.45, 7) is 3.47. The number of nitrogen functional groups attached to an aromatic ring is 1. The van der Waals surface area contributed by atoms with E-state index in [1.165, 1.54) is 0 Å². The van der Waals surface area contributed by atoms with E-state index in [0.717, 1.165) is 0 Å². The van der Waals surface area contributed by atoms with Gasteiger partial charge in [0.05, 0.1) is 15.7 Å². The van der Waals surface area contributed by atoms with Crippen LogP contribution in [0.2, 0.25) is 10.0 Å². The Labute approximate surface area is 80.9 Å². The molecule has 2 nitrogen and oxygen atoms in total. The summed E-state index contributed by atoms with van der Waals surface area (Å²) in [6, 6.07) is 0. The van der Waals surface area contributed by atoms with Crippen LogP contribution in [-0.4, -0.2) is 5.11 Å². The largest absolute Gasteiger partial charge is 0.504 e. The molecule has 0 saturated heterocycles. The molecular weight excluding hydrogens is 197 g/mol. The molecule has 0 heterocycles. The molecule has 12 heavy (non-hydrogen) atoms. The molecule has 0 aliphatic heterocycles. The van der Waals surface area contributed by atoms with Crippen LogP contribution in [0.4, 0.5) is 5.69 Å². The van der Waals surface area contributed by atoms with Crippen molar-refractivity contribution in [1.82, 2.24) is 0 Å². The van der Waals surface area contributed by atoms with Gasteiger partial charge in [0.1, 0.15) is 0 Å². The highest BCUT2D eigenvalue weighted by Gasteiger charge is 2.14. The van der Waals surface area contributed by atoms with E-state index in [1.807, 2.05) is 0 Å². The molecule has 0 aromatic heterocycles. The summed E-state index contributed by atoms with van der Waals surface area (Å²) in [7, 11) is 0. The molecule has 0 amide bonds. The minimum atomic E-state index is -0.0870. The smallest absolute Gasteiger partial charge is 0.157 e. The molecule has 0 bridgehead atoms. The zero-order chi connectivity index (χ0) is 9.46. The average molecular weight is 206 g/mol. The fourth-order valence-electron chi connectivity index (χ4n) is 0.969. The number of hydrogen-bond donors (Lipinski definition) is 2. The Bertz CT molecular complexity index is 231. The number of halogens is 2. The van der Waals surface area contributed by atoms with Crippen LogP contribution in [-0.2, 0) is 0 Å². The van der Waals surface area contributed by atoms with E-state index >= 15 is 0 Å². The lowest BCUT2D eigenvalue weighted by Gasteiger charge is -2.10. The standard InChI is InChI=1S/C8H9Cl2NO/c1-3-5(9)4(2)7(11)8(12)6(3)10/h12H,11H2,1-2H3. The van der Waals surface area contributed by atoms with Crippen molar-refractivity contribution in [2.24, 2.45) is 0 Å². The van der Waals surface area contributed by atoms with Gasteiger partial charge >= 0.3 is 0 Å². The van der Waals surface area contributed by atoms with Crippen LogP contribution in [0.25, 0.3) is 0 Å². The van der Waals surface area contributed by atoms with Crippen LogP contribution in [0.3, 0.4) is 0 Å². The van der Waals surface area contributed by atoms with E-state index < -0.39 is 0 Å². The van der Waals surface area contributed by atoms with Crippen LogP contribution in [0.5, 0.6) is 5.75 Å². The van der Waals surface area contributed by atoms with Gasteiger partial charge in [-0.3, -0.25) is 0 Å². The van der Waals surface area contributed by atoms with E-state index in [1.54, 1.807) is 13.8 Å². The van der Waals surface area contributed by atoms with Crippen molar-refractivity contribution in [3.8, 4) is 5.75 Å². The number of rotatable bonds is 0. The minimum Gasteiger partial charge on any atom is -0.504 e. The van der Waals surface area contributed by atoms with Gasteiger partial charge in [-0.15, -0.1) is 0 Å². The average Bonchev–Trinajstić information content (AvgIpc) is 2.08. The molecule has 66 valence electrons. The van der Waals surface area contributed by atoms with E-state index in [2.05, 4.69) is 0 Å². The second kappa shape index (κ2) is 3.04. The number of benzene rings is 1. The second-order valence-electron chi connectivity index (χ2n) is 2.64. The maximum absolute atomic E-state index is 9.38. The third-order valence-corrected chi connectivity index (χ3v) is 2.88. The Balaban J connectivity index is 3.60. The van der Waals surface area contributed by atoms with Gasteiger partial charge in [-0.2, -0.15) is 0 Å². The maximum Gasteiger partial charge on any atom is 0.157 e. The number of phenolic OH excluding ortho intramolecular Hbond substituents is 1. The maximum atomic E-state index is 9.38. The zero-order valence-electron chi connectivity index (χ0n) is 6.78. The van der Waals surface area contributed by atoms with Crippen LogP contribution in [0.15, 0.2) is 0 Å². The first-order valence-electron chi connectivity index (χ1n) is 3.39. The number of nitrogens with two attached hydrogens (primary N) is 1. The summed E-state index contributed by atoms with van der Waals surface area (Å²) in [5.74, 6) is -0.0870. The predicted octanol–water partition coefficient (Wildman–Crippen LogP) is 2.90. The van der Waals surface area contributed by atoms with E-state index in [9.17, 15) is 5.11 Å². The van der Waals surface area contributed by atoms with Crippen LogP contribution < -0.4 is 5.73 Å². The molecule has 0 saturated carbocycles. The van der Waals surface area contributed by atoms with Crippen molar-refractivity contribution < 1.29 is 5.11 Å². The number of hydrogen-bond acceptors (Lipinski definition) is 2. The molecular formula is C8H9Cl2NO. The van der Waals surface area contributed by atoms with Gasteiger partial charge in [0, 0.05) is 0 Å². The predicted molar refractivity (Wildman–Crippen MR) is 52.0 cm³/mol. The lowest BCUT2D eigenvalue weighted by Crippen LogP contribution is -1.94. The van der Waals surface area contributed by atoms with Gasteiger partial charge < -0.3 is 10.8 Å². The zero-order valence-corrected chi connectivity index (χ0v) is 8.29. The molecule has 1 aromatic carbocycles. The third-order valence-electron chi connectivity index (χ3n) is 1.85. The first-order valence-corrected chi connectivity index (χ1v) is 4.15. The van der Waals surface area contributed by atoms with Gasteiger partial charge in [-0.05, 0) is 25.0 Å². The summed E-state index contributed by atoms with van der Waals surface area (Å²) in [4.78, 5) is 0. The normalized spacial score (nSPS) is 10.3. The van der Waals surface area contributed by atoms with Crippen molar-refractivity contribution in [1.29, 1.82) is 0 Å². The van der Waals surface area contributed by atoms with Crippen LogP contribution in [0.1, 0.15) is 11.1 Å². The molecule has 3 N–H and O–H groups in total. The SMILES string of the molecule is Cc1c(N)c(O)c(Cl)c(C)c1Cl. The Morgan fingerprint density at radius 1 is 1.08 bits per heavy atom. The molecule has 0 aliphatic rings. The van der Waals surface area contributed by atoms with Crippen LogP contribution >= 0.6 is 23.2 Å². The fraction of sp³-hybridized carbons (Fsp3) is 0.250. The van der Waals surface area contributed by atoms with Gasteiger partial charge in [-0.25, -0.2) is 0 Å². The highest BCUT2D eigenvalue weighted by atomic mass is 35.5. The molecule has 1 rings (SSSR count).